The monoisotopic (exact) mass is 583 g/mol. The minimum Gasteiger partial charge on any atom is -0.457 e. The number of benzene rings is 3. The van der Waals surface area contributed by atoms with Crippen molar-refractivity contribution in [1.29, 1.82) is 0 Å². The van der Waals surface area contributed by atoms with E-state index in [2.05, 4.69) is 10.6 Å². The van der Waals surface area contributed by atoms with Crippen LogP contribution in [-0.2, 0) is 4.79 Å². The summed E-state index contributed by atoms with van der Waals surface area (Å²) in [6, 6.07) is 22.0. The fourth-order valence-electron chi connectivity index (χ4n) is 3.54. The van der Waals surface area contributed by atoms with Crippen LogP contribution in [0.2, 0.25) is 15.1 Å². The first kappa shape index (κ1) is 25.4. The van der Waals surface area contributed by atoms with Crippen molar-refractivity contribution in [3.05, 3.63) is 99.7 Å². The second-order valence-electron chi connectivity index (χ2n) is 7.76. The Morgan fingerprint density at radius 1 is 0.973 bits per heavy atom. The third-order valence-electron chi connectivity index (χ3n) is 5.23. The van der Waals surface area contributed by atoms with Crippen molar-refractivity contribution >= 4 is 91.4 Å². The summed E-state index contributed by atoms with van der Waals surface area (Å²) in [7, 11) is 0. The molecule has 0 atom stereocenters. The molecule has 0 radical (unpaired) electrons. The van der Waals surface area contributed by atoms with Crippen molar-refractivity contribution in [2.24, 2.45) is 0 Å². The summed E-state index contributed by atoms with van der Waals surface area (Å²) in [6.07, 6.45) is 2.86. The number of fused-ring (bicyclic) bond motifs is 1. The Labute approximate surface area is 236 Å². The van der Waals surface area contributed by atoms with Gasteiger partial charge in [-0.25, -0.2) is 4.98 Å². The van der Waals surface area contributed by atoms with Crippen LogP contribution in [0, 0.1) is 0 Å². The van der Waals surface area contributed by atoms with Gasteiger partial charge in [0.25, 0.3) is 0 Å². The summed E-state index contributed by atoms with van der Waals surface area (Å²) in [5.41, 5.74) is 3.01. The summed E-state index contributed by atoms with van der Waals surface area (Å²) < 4.78 is 6.84. The van der Waals surface area contributed by atoms with E-state index in [1.165, 1.54) is 12.2 Å². The molecule has 0 aliphatic carbocycles. The zero-order chi connectivity index (χ0) is 25.9. The molecule has 5 aromatic rings. The smallest absolute Gasteiger partial charge is 0.250 e. The molecule has 0 saturated heterocycles. The second kappa shape index (κ2) is 11.0. The van der Waals surface area contributed by atoms with Gasteiger partial charge in [-0.15, -0.1) is 11.3 Å². The van der Waals surface area contributed by atoms with Gasteiger partial charge in [0.15, 0.2) is 5.11 Å². The molecule has 0 bridgehead atoms. The molecule has 10 heteroatoms. The summed E-state index contributed by atoms with van der Waals surface area (Å²) in [5.74, 6) is 0.581. The molecule has 3 aromatic carbocycles. The van der Waals surface area contributed by atoms with Crippen molar-refractivity contribution < 1.29 is 9.21 Å². The molecule has 0 fully saturated rings. The third kappa shape index (κ3) is 5.87. The number of hydrogen-bond donors (Lipinski definition) is 2. The van der Waals surface area contributed by atoms with Crippen molar-refractivity contribution in [1.82, 2.24) is 10.3 Å². The van der Waals surface area contributed by atoms with Gasteiger partial charge in [-0.1, -0.05) is 53.0 Å². The molecule has 0 aliphatic rings. The topological polar surface area (TPSA) is 67.2 Å². The van der Waals surface area contributed by atoms with E-state index in [-0.39, 0.29) is 5.11 Å². The molecule has 5 nitrogen and oxygen atoms in total. The Morgan fingerprint density at radius 3 is 2.65 bits per heavy atom. The van der Waals surface area contributed by atoms with Crippen LogP contribution in [0.15, 0.2) is 83.3 Å². The molecule has 2 N–H and O–H groups in total. The Balaban J connectivity index is 1.27. The second-order valence-corrected chi connectivity index (χ2v) is 10.4. The van der Waals surface area contributed by atoms with Crippen LogP contribution >= 0.6 is 58.4 Å². The van der Waals surface area contributed by atoms with E-state index in [0.717, 1.165) is 20.8 Å². The van der Waals surface area contributed by atoms with Crippen molar-refractivity contribution in [2.75, 3.05) is 5.32 Å². The molecule has 2 heterocycles. The zero-order valence-electron chi connectivity index (χ0n) is 18.8. The van der Waals surface area contributed by atoms with E-state index in [4.69, 9.17) is 56.4 Å². The standard InChI is InChI=1S/C27H16Cl3N3O2S2/c28-15-8-11-20(18(14-15)26-31-21-6-1-2-7-23(21)37-26)32-27(36)33-24(34)13-10-16-9-12-22(35-16)17-4-3-5-19(29)25(17)30/h1-14H,(H2,32,33,34,36). The van der Waals surface area contributed by atoms with Gasteiger partial charge in [-0.05, 0) is 72.9 Å². The first-order chi connectivity index (χ1) is 17.9. The van der Waals surface area contributed by atoms with Gasteiger partial charge >= 0.3 is 0 Å². The molecule has 0 aliphatic heterocycles. The number of anilines is 1. The van der Waals surface area contributed by atoms with Gasteiger partial charge in [-0.2, -0.15) is 0 Å². The van der Waals surface area contributed by atoms with Crippen LogP contribution in [0.4, 0.5) is 5.69 Å². The van der Waals surface area contributed by atoms with E-state index in [9.17, 15) is 4.79 Å². The van der Waals surface area contributed by atoms with Gasteiger partial charge in [0, 0.05) is 22.2 Å². The Kier molecular flexibility index (Phi) is 7.60. The number of hydrogen-bond acceptors (Lipinski definition) is 5. The quantitative estimate of drug-likeness (QED) is 0.160. The lowest BCUT2D eigenvalue weighted by Crippen LogP contribution is -2.32. The molecule has 0 saturated carbocycles. The predicted octanol–water partition coefficient (Wildman–Crippen LogP) is 8.71. The van der Waals surface area contributed by atoms with Crippen LogP contribution in [0.3, 0.4) is 0 Å². The zero-order valence-corrected chi connectivity index (χ0v) is 22.7. The lowest BCUT2D eigenvalue weighted by atomic mass is 10.2. The number of nitrogens with one attached hydrogen (secondary N) is 2. The molecule has 0 spiro atoms. The van der Waals surface area contributed by atoms with Crippen molar-refractivity contribution in [3.8, 4) is 21.9 Å². The summed E-state index contributed by atoms with van der Waals surface area (Å²) >= 11 is 25.5. The van der Waals surface area contributed by atoms with E-state index in [1.807, 2.05) is 30.3 Å². The number of thiazole rings is 1. The highest BCUT2D eigenvalue weighted by molar-refractivity contribution is 7.80. The highest BCUT2D eigenvalue weighted by Gasteiger charge is 2.14. The number of aromatic nitrogens is 1. The summed E-state index contributed by atoms with van der Waals surface area (Å²) in [6.45, 7) is 0. The average Bonchev–Trinajstić information content (AvgIpc) is 3.53. The maximum Gasteiger partial charge on any atom is 0.250 e. The van der Waals surface area contributed by atoms with Crippen LogP contribution in [0.25, 0.3) is 38.2 Å². The third-order valence-corrected chi connectivity index (χ3v) is 7.56. The van der Waals surface area contributed by atoms with Gasteiger partial charge in [0.1, 0.15) is 16.5 Å². The van der Waals surface area contributed by atoms with E-state index < -0.39 is 5.91 Å². The number of halogens is 3. The van der Waals surface area contributed by atoms with Gasteiger partial charge < -0.3 is 9.73 Å². The largest absolute Gasteiger partial charge is 0.457 e. The highest BCUT2D eigenvalue weighted by atomic mass is 35.5. The van der Waals surface area contributed by atoms with E-state index in [0.29, 0.717) is 37.8 Å². The van der Waals surface area contributed by atoms with Crippen molar-refractivity contribution in [2.45, 2.75) is 0 Å². The molecule has 1 amide bonds. The first-order valence-corrected chi connectivity index (χ1v) is 13.2. The fourth-order valence-corrected chi connectivity index (χ4v) is 5.31. The molecular formula is C27H16Cl3N3O2S2. The molecular weight excluding hydrogens is 569 g/mol. The van der Waals surface area contributed by atoms with Crippen molar-refractivity contribution in [3.63, 3.8) is 0 Å². The Hall–Kier alpha value is -3.20. The lowest BCUT2D eigenvalue weighted by Gasteiger charge is -2.12. The van der Waals surface area contributed by atoms with Gasteiger partial charge in [0.2, 0.25) is 5.91 Å². The molecule has 5 rings (SSSR count). The molecule has 37 heavy (non-hydrogen) atoms. The van der Waals surface area contributed by atoms with Crippen LogP contribution < -0.4 is 10.6 Å². The maximum atomic E-state index is 12.5. The number of amides is 1. The number of rotatable bonds is 5. The maximum absolute atomic E-state index is 12.5. The number of furan rings is 1. The number of carbonyl (C=O) groups is 1. The van der Waals surface area contributed by atoms with E-state index in [1.54, 1.807) is 53.8 Å². The number of para-hydroxylation sites is 1. The SMILES string of the molecule is O=C(C=Cc1ccc(-c2cccc(Cl)c2Cl)o1)NC(=S)Nc1ccc(Cl)cc1-c1nc2ccccc2s1. The van der Waals surface area contributed by atoms with E-state index >= 15 is 0 Å². The normalized spacial score (nSPS) is 11.2. The van der Waals surface area contributed by atoms with Crippen LogP contribution in [0.1, 0.15) is 5.76 Å². The number of carbonyl (C=O) groups excluding carboxylic acids is 1. The van der Waals surface area contributed by atoms with Gasteiger partial charge in [0.05, 0.1) is 25.9 Å². The molecule has 0 unspecified atom stereocenters. The Morgan fingerprint density at radius 2 is 1.81 bits per heavy atom. The first-order valence-electron chi connectivity index (χ1n) is 10.9. The molecule has 2 aromatic heterocycles. The minimum atomic E-state index is -0.424. The predicted molar refractivity (Wildman–Crippen MR) is 158 cm³/mol. The van der Waals surface area contributed by atoms with Crippen LogP contribution in [-0.4, -0.2) is 16.0 Å². The number of nitrogens with zero attached hydrogens (tertiary/aromatic N) is 1. The Bertz CT molecular complexity index is 1640. The minimum absolute atomic E-state index is 0.130. The fraction of sp³-hybridized carbons (Fsp3) is 0. The molecule has 184 valence electrons. The number of thiocarbonyl (C=S) groups is 1. The van der Waals surface area contributed by atoms with Gasteiger partial charge in [-0.3, -0.25) is 10.1 Å². The highest BCUT2D eigenvalue weighted by Crippen LogP contribution is 2.36. The van der Waals surface area contributed by atoms with Crippen LogP contribution in [0.5, 0.6) is 0 Å². The lowest BCUT2D eigenvalue weighted by molar-refractivity contribution is -0.115. The average molecular weight is 585 g/mol. The summed E-state index contributed by atoms with van der Waals surface area (Å²) in [5, 5.41) is 8.02. The summed E-state index contributed by atoms with van der Waals surface area (Å²) in [4.78, 5) is 17.2.